The largest absolute Gasteiger partial charge is 0.393 e. The van der Waals surface area contributed by atoms with E-state index in [0.717, 1.165) is 25.2 Å². The molecule has 2 unspecified atom stereocenters. The first-order valence-corrected chi connectivity index (χ1v) is 6.10. The van der Waals surface area contributed by atoms with Gasteiger partial charge in [-0.3, -0.25) is 0 Å². The van der Waals surface area contributed by atoms with Gasteiger partial charge in [0.05, 0.1) is 6.10 Å². The standard InChI is InChI=1S/C13H20N2O/c1-10-6-7-14-13(8-10)15-9-11-4-2-3-5-12(11)16/h6-8,11-12,16H,2-5,9H2,1H3,(H,14,15). The Balaban J connectivity index is 1.86. The van der Waals surface area contributed by atoms with E-state index in [1.165, 1.54) is 18.4 Å². The summed E-state index contributed by atoms with van der Waals surface area (Å²) in [6.07, 6.45) is 6.17. The van der Waals surface area contributed by atoms with Gasteiger partial charge in [-0.15, -0.1) is 0 Å². The molecule has 1 aliphatic carbocycles. The number of nitrogens with one attached hydrogen (secondary N) is 1. The van der Waals surface area contributed by atoms with Crippen molar-refractivity contribution < 1.29 is 5.11 Å². The van der Waals surface area contributed by atoms with Gasteiger partial charge in [-0.05, 0) is 37.5 Å². The molecule has 0 aromatic carbocycles. The van der Waals surface area contributed by atoms with Gasteiger partial charge in [-0.2, -0.15) is 0 Å². The fourth-order valence-electron chi connectivity index (χ4n) is 2.29. The number of aliphatic hydroxyl groups excluding tert-OH is 1. The fourth-order valence-corrected chi connectivity index (χ4v) is 2.29. The van der Waals surface area contributed by atoms with Crippen molar-refractivity contribution in [3.63, 3.8) is 0 Å². The first-order chi connectivity index (χ1) is 7.75. The molecule has 1 saturated carbocycles. The molecule has 2 rings (SSSR count). The number of pyridine rings is 1. The third-order valence-corrected chi connectivity index (χ3v) is 3.33. The molecule has 16 heavy (non-hydrogen) atoms. The molecule has 1 heterocycles. The molecule has 0 spiro atoms. The highest BCUT2D eigenvalue weighted by Gasteiger charge is 2.22. The Hall–Kier alpha value is -1.09. The lowest BCUT2D eigenvalue weighted by molar-refractivity contribution is 0.0763. The van der Waals surface area contributed by atoms with Crippen molar-refractivity contribution in [3.8, 4) is 0 Å². The van der Waals surface area contributed by atoms with Gasteiger partial charge in [0.2, 0.25) is 0 Å². The molecule has 0 amide bonds. The Labute approximate surface area is 96.9 Å². The SMILES string of the molecule is Cc1ccnc(NCC2CCCCC2O)c1. The minimum absolute atomic E-state index is 0.133. The molecule has 2 N–H and O–H groups in total. The molecule has 1 aromatic heterocycles. The van der Waals surface area contributed by atoms with E-state index >= 15 is 0 Å². The lowest BCUT2D eigenvalue weighted by atomic mass is 9.86. The zero-order valence-corrected chi connectivity index (χ0v) is 9.82. The minimum Gasteiger partial charge on any atom is -0.393 e. The molecule has 1 aromatic rings. The number of hydrogen-bond acceptors (Lipinski definition) is 3. The molecule has 0 radical (unpaired) electrons. The van der Waals surface area contributed by atoms with Crippen molar-refractivity contribution in [2.24, 2.45) is 5.92 Å². The predicted molar refractivity (Wildman–Crippen MR) is 65.4 cm³/mol. The zero-order valence-electron chi connectivity index (χ0n) is 9.82. The summed E-state index contributed by atoms with van der Waals surface area (Å²) < 4.78 is 0. The highest BCUT2D eigenvalue weighted by Crippen LogP contribution is 2.24. The van der Waals surface area contributed by atoms with Crippen LogP contribution in [0, 0.1) is 12.8 Å². The summed E-state index contributed by atoms with van der Waals surface area (Å²) in [6.45, 7) is 2.89. The summed E-state index contributed by atoms with van der Waals surface area (Å²) in [5.74, 6) is 1.30. The number of rotatable bonds is 3. The Kier molecular flexibility index (Phi) is 3.78. The maximum Gasteiger partial charge on any atom is 0.126 e. The van der Waals surface area contributed by atoms with Gasteiger partial charge < -0.3 is 10.4 Å². The lowest BCUT2D eigenvalue weighted by Gasteiger charge is -2.27. The van der Waals surface area contributed by atoms with Crippen molar-refractivity contribution in [3.05, 3.63) is 23.9 Å². The second-order valence-corrected chi connectivity index (χ2v) is 4.71. The van der Waals surface area contributed by atoms with E-state index in [1.807, 2.05) is 18.3 Å². The van der Waals surface area contributed by atoms with Gasteiger partial charge in [0.15, 0.2) is 0 Å². The van der Waals surface area contributed by atoms with Gasteiger partial charge in [0.1, 0.15) is 5.82 Å². The van der Waals surface area contributed by atoms with Crippen LogP contribution < -0.4 is 5.32 Å². The Morgan fingerprint density at radius 2 is 2.25 bits per heavy atom. The average molecular weight is 220 g/mol. The number of aliphatic hydroxyl groups is 1. The van der Waals surface area contributed by atoms with Crippen LogP contribution in [0.3, 0.4) is 0 Å². The summed E-state index contributed by atoms with van der Waals surface area (Å²) in [5, 5.41) is 13.2. The summed E-state index contributed by atoms with van der Waals surface area (Å²) in [6, 6.07) is 4.02. The van der Waals surface area contributed by atoms with Crippen LogP contribution in [0.1, 0.15) is 31.2 Å². The molecule has 0 aliphatic heterocycles. The molecular weight excluding hydrogens is 200 g/mol. The molecule has 3 heteroatoms. The van der Waals surface area contributed by atoms with Gasteiger partial charge >= 0.3 is 0 Å². The molecule has 2 atom stereocenters. The number of anilines is 1. The van der Waals surface area contributed by atoms with Crippen molar-refractivity contribution in [2.75, 3.05) is 11.9 Å². The second kappa shape index (κ2) is 5.30. The molecule has 0 saturated heterocycles. The normalized spacial score (nSPS) is 25.4. The number of nitrogens with zero attached hydrogens (tertiary/aromatic N) is 1. The van der Waals surface area contributed by atoms with Crippen LogP contribution in [0.25, 0.3) is 0 Å². The molecule has 1 fully saturated rings. The third-order valence-electron chi connectivity index (χ3n) is 3.33. The topological polar surface area (TPSA) is 45.2 Å². The van der Waals surface area contributed by atoms with Crippen LogP contribution >= 0.6 is 0 Å². The van der Waals surface area contributed by atoms with Crippen molar-refractivity contribution in [1.29, 1.82) is 0 Å². The highest BCUT2D eigenvalue weighted by molar-refractivity contribution is 5.36. The van der Waals surface area contributed by atoms with Crippen LogP contribution in [0.5, 0.6) is 0 Å². The molecule has 3 nitrogen and oxygen atoms in total. The van der Waals surface area contributed by atoms with Crippen LogP contribution in [0.4, 0.5) is 5.82 Å². The maximum atomic E-state index is 9.84. The number of aryl methyl sites for hydroxylation is 1. The fraction of sp³-hybridized carbons (Fsp3) is 0.615. The second-order valence-electron chi connectivity index (χ2n) is 4.71. The van der Waals surface area contributed by atoms with Crippen molar-refractivity contribution in [2.45, 2.75) is 38.7 Å². The summed E-state index contributed by atoms with van der Waals surface area (Å²) in [4.78, 5) is 4.26. The van der Waals surface area contributed by atoms with E-state index < -0.39 is 0 Å². The van der Waals surface area contributed by atoms with Crippen molar-refractivity contribution in [1.82, 2.24) is 4.98 Å². The summed E-state index contributed by atoms with van der Waals surface area (Å²) in [5.41, 5.74) is 1.21. The molecule has 1 aliphatic rings. The average Bonchev–Trinajstić information content (AvgIpc) is 2.28. The maximum absolute atomic E-state index is 9.84. The number of aromatic nitrogens is 1. The first kappa shape index (κ1) is 11.4. The van der Waals surface area contributed by atoms with Crippen LogP contribution in [-0.4, -0.2) is 22.7 Å². The van der Waals surface area contributed by atoms with Gasteiger partial charge in [0.25, 0.3) is 0 Å². The molecular formula is C13H20N2O. The van der Waals surface area contributed by atoms with Crippen LogP contribution in [0.2, 0.25) is 0 Å². The van der Waals surface area contributed by atoms with E-state index in [2.05, 4.69) is 17.2 Å². The molecule has 0 bridgehead atoms. The van der Waals surface area contributed by atoms with E-state index in [9.17, 15) is 5.11 Å². The Morgan fingerprint density at radius 3 is 3.00 bits per heavy atom. The summed E-state index contributed by atoms with van der Waals surface area (Å²) in [7, 11) is 0. The van der Waals surface area contributed by atoms with E-state index in [0.29, 0.717) is 5.92 Å². The summed E-state index contributed by atoms with van der Waals surface area (Å²) >= 11 is 0. The third kappa shape index (κ3) is 2.95. The number of hydrogen-bond donors (Lipinski definition) is 2. The Bertz CT molecular complexity index is 340. The van der Waals surface area contributed by atoms with Crippen LogP contribution in [-0.2, 0) is 0 Å². The predicted octanol–water partition coefficient (Wildman–Crippen LogP) is 2.35. The van der Waals surface area contributed by atoms with Crippen LogP contribution in [0.15, 0.2) is 18.3 Å². The van der Waals surface area contributed by atoms with Gasteiger partial charge in [-0.1, -0.05) is 12.8 Å². The van der Waals surface area contributed by atoms with Gasteiger partial charge in [-0.25, -0.2) is 4.98 Å². The minimum atomic E-state index is -0.133. The first-order valence-electron chi connectivity index (χ1n) is 6.10. The van der Waals surface area contributed by atoms with E-state index in [-0.39, 0.29) is 6.10 Å². The molecule has 88 valence electrons. The lowest BCUT2D eigenvalue weighted by Crippen LogP contribution is -2.30. The quantitative estimate of drug-likeness (QED) is 0.822. The van der Waals surface area contributed by atoms with Gasteiger partial charge in [0, 0.05) is 18.7 Å². The highest BCUT2D eigenvalue weighted by atomic mass is 16.3. The smallest absolute Gasteiger partial charge is 0.126 e. The Morgan fingerprint density at radius 1 is 1.44 bits per heavy atom. The van der Waals surface area contributed by atoms with E-state index in [4.69, 9.17) is 0 Å². The zero-order chi connectivity index (χ0) is 11.4. The van der Waals surface area contributed by atoms with E-state index in [1.54, 1.807) is 0 Å². The van der Waals surface area contributed by atoms with Crippen molar-refractivity contribution >= 4 is 5.82 Å². The monoisotopic (exact) mass is 220 g/mol.